The van der Waals surface area contributed by atoms with E-state index in [0.29, 0.717) is 13.2 Å². The second-order valence-electron chi connectivity index (χ2n) is 6.85. The fraction of sp³-hybridized carbons (Fsp3) is 0.389. The lowest BCUT2D eigenvalue weighted by Crippen LogP contribution is -2.18. The van der Waals surface area contributed by atoms with Crippen LogP contribution in [-0.2, 0) is 5.41 Å². The Morgan fingerprint density at radius 3 is 2.71 bits per heavy atom. The summed E-state index contributed by atoms with van der Waals surface area (Å²) in [6, 6.07) is 11.9. The van der Waals surface area contributed by atoms with Crippen LogP contribution in [0.2, 0.25) is 0 Å². The maximum absolute atomic E-state index is 5.74. The second kappa shape index (κ2) is 6.47. The van der Waals surface area contributed by atoms with Crippen LogP contribution < -0.4 is 10.1 Å². The average molecular weight is 325 g/mol. The van der Waals surface area contributed by atoms with Crippen molar-refractivity contribution in [2.75, 3.05) is 18.5 Å². The smallest absolute Gasteiger partial charge is 0.178 e. The monoisotopic (exact) mass is 325 g/mol. The van der Waals surface area contributed by atoms with Gasteiger partial charge in [0.15, 0.2) is 11.5 Å². The van der Waals surface area contributed by atoms with Crippen LogP contribution in [0.25, 0.3) is 5.65 Å². The first-order valence-corrected chi connectivity index (χ1v) is 8.10. The Balaban J connectivity index is 1.63. The first-order valence-electron chi connectivity index (χ1n) is 8.10. The third kappa shape index (κ3) is 3.64. The maximum atomic E-state index is 5.74. The van der Waals surface area contributed by atoms with E-state index in [-0.39, 0.29) is 5.41 Å². The molecule has 0 saturated carbocycles. The average Bonchev–Trinajstić information content (AvgIpc) is 2.95. The van der Waals surface area contributed by atoms with Gasteiger partial charge in [0.05, 0.1) is 6.54 Å². The number of ether oxygens (including phenoxy) is 1. The van der Waals surface area contributed by atoms with Crippen LogP contribution in [0.15, 0.2) is 36.4 Å². The minimum Gasteiger partial charge on any atom is -0.492 e. The standard InChI is InChI=1S/C18H23N5O/c1-13-6-5-7-14(12-13)24-11-10-19-15-8-9-16-20-21-17(18(2,3)4)23(16)22-15/h5-9,12H,10-11H2,1-4H3,(H,19,22). The van der Waals surface area contributed by atoms with Crippen molar-refractivity contribution in [3.05, 3.63) is 47.8 Å². The summed E-state index contributed by atoms with van der Waals surface area (Å²) in [4.78, 5) is 0. The van der Waals surface area contributed by atoms with Gasteiger partial charge in [0.1, 0.15) is 18.2 Å². The van der Waals surface area contributed by atoms with Gasteiger partial charge in [-0.25, -0.2) is 0 Å². The molecule has 1 N–H and O–H groups in total. The normalized spacial score (nSPS) is 11.7. The van der Waals surface area contributed by atoms with E-state index in [4.69, 9.17) is 4.74 Å². The fourth-order valence-electron chi connectivity index (χ4n) is 2.40. The predicted octanol–water partition coefficient (Wildman–Crippen LogP) is 3.22. The van der Waals surface area contributed by atoms with Gasteiger partial charge in [-0.2, -0.15) is 4.52 Å². The summed E-state index contributed by atoms with van der Waals surface area (Å²) in [5, 5.41) is 16.3. The van der Waals surface area contributed by atoms with Crippen LogP contribution in [0.1, 0.15) is 32.2 Å². The number of anilines is 1. The summed E-state index contributed by atoms with van der Waals surface area (Å²) in [5.74, 6) is 2.51. The number of aryl methyl sites for hydroxylation is 1. The summed E-state index contributed by atoms with van der Waals surface area (Å²) in [5.41, 5.74) is 1.83. The van der Waals surface area contributed by atoms with Crippen LogP contribution in [0.5, 0.6) is 5.75 Å². The van der Waals surface area contributed by atoms with Crippen molar-refractivity contribution < 1.29 is 4.74 Å². The van der Waals surface area contributed by atoms with Gasteiger partial charge in [-0.1, -0.05) is 32.9 Å². The number of hydrogen-bond acceptors (Lipinski definition) is 5. The zero-order valence-electron chi connectivity index (χ0n) is 14.6. The van der Waals surface area contributed by atoms with Crippen molar-refractivity contribution >= 4 is 11.5 Å². The SMILES string of the molecule is Cc1cccc(OCCNc2ccc3nnc(C(C)(C)C)n3n2)c1. The first kappa shape index (κ1) is 16.2. The van der Waals surface area contributed by atoms with Gasteiger partial charge in [-0.05, 0) is 36.8 Å². The summed E-state index contributed by atoms with van der Waals surface area (Å²) >= 11 is 0. The van der Waals surface area contributed by atoms with Crippen LogP contribution in [-0.4, -0.2) is 33.0 Å². The molecule has 6 heteroatoms. The minimum atomic E-state index is -0.112. The topological polar surface area (TPSA) is 64.3 Å². The van der Waals surface area contributed by atoms with Gasteiger partial charge in [0.2, 0.25) is 0 Å². The molecule has 3 aromatic rings. The van der Waals surface area contributed by atoms with Crippen LogP contribution in [0.3, 0.4) is 0 Å². The molecule has 3 rings (SSSR count). The summed E-state index contributed by atoms with van der Waals surface area (Å²) < 4.78 is 7.53. The van der Waals surface area contributed by atoms with Gasteiger partial charge in [-0.3, -0.25) is 0 Å². The maximum Gasteiger partial charge on any atom is 0.178 e. The number of aromatic nitrogens is 4. The lowest BCUT2D eigenvalue weighted by Gasteiger charge is -2.15. The zero-order valence-corrected chi connectivity index (χ0v) is 14.6. The van der Waals surface area contributed by atoms with Gasteiger partial charge in [0.25, 0.3) is 0 Å². The third-order valence-electron chi connectivity index (χ3n) is 3.60. The third-order valence-corrected chi connectivity index (χ3v) is 3.60. The molecule has 0 aliphatic rings. The summed E-state index contributed by atoms with van der Waals surface area (Å²) in [6.07, 6.45) is 0. The summed E-state index contributed by atoms with van der Waals surface area (Å²) in [6.45, 7) is 9.58. The van der Waals surface area contributed by atoms with Crippen molar-refractivity contribution in [2.24, 2.45) is 0 Å². The van der Waals surface area contributed by atoms with Gasteiger partial charge >= 0.3 is 0 Å². The molecule has 0 spiro atoms. The second-order valence-corrected chi connectivity index (χ2v) is 6.85. The minimum absolute atomic E-state index is 0.112. The largest absolute Gasteiger partial charge is 0.492 e. The van der Waals surface area contributed by atoms with E-state index >= 15 is 0 Å². The van der Waals surface area contributed by atoms with E-state index in [1.54, 1.807) is 4.52 Å². The molecule has 0 atom stereocenters. The number of nitrogens with zero attached hydrogens (tertiary/aromatic N) is 4. The van der Waals surface area contributed by atoms with Crippen molar-refractivity contribution in [3.63, 3.8) is 0 Å². The quantitative estimate of drug-likeness (QED) is 0.730. The van der Waals surface area contributed by atoms with E-state index in [9.17, 15) is 0 Å². The highest BCUT2D eigenvalue weighted by Gasteiger charge is 2.21. The molecule has 1 aromatic carbocycles. The number of nitrogens with one attached hydrogen (secondary N) is 1. The lowest BCUT2D eigenvalue weighted by atomic mass is 9.96. The molecule has 0 amide bonds. The summed E-state index contributed by atoms with van der Waals surface area (Å²) in [7, 11) is 0. The fourth-order valence-corrected chi connectivity index (χ4v) is 2.40. The number of benzene rings is 1. The van der Waals surface area contributed by atoms with Crippen molar-refractivity contribution in [1.29, 1.82) is 0 Å². The highest BCUT2D eigenvalue weighted by Crippen LogP contribution is 2.20. The van der Waals surface area contributed by atoms with E-state index in [1.165, 1.54) is 5.56 Å². The molecule has 0 bridgehead atoms. The zero-order chi connectivity index (χ0) is 17.2. The van der Waals surface area contributed by atoms with E-state index in [0.717, 1.165) is 23.0 Å². The molecule has 0 aliphatic carbocycles. The van der Waals surface area contributed by atoms with Crippen LogP contribution >= 0.6 is 0 Å². The Labute approximate surface area is 141 Å². The van der Waals surface area contributed by atoms with Gasteiger partial charge in [-0.15, -0.1) is 15.3 Å². The molecule has 6 nitrogen and oxygen atoms in total. The number of hydrogen-bond donors (Lipinski definition) is 1. The molecule has 0 saturated heterocycles. The highest BCUT2D eigenvalue weighted by molar-refractivity contribution is 5.44. The highest BCUT2D eigenvalue weighted by atomic mass is 16.5. The Bertz CT molecular complexity index is 835. The number of fused-ring (bicyclic) bond motifs is 1. The molecule has 0 aliphatic heterocycles. The van der Waals surface area contributed by atoms with E-state index < -0.39 is 0 Å². The Morgan fingerprint density at radius 2 is 1.96 bits per heavy atom. The Kier molecular flexibility index (Phi) is 4.38. The Hall–Kier alpha value is -2.63. The Morgan fingerprint density at radius 1 is 1.12 bits per heavy atom. The van der Waals surface area contributed by atoms with Gasteiger partial charge < -0.3 is 10.1 Å². The van der Waals surface area contributed by atoms with Crippen LogP contribution in [0, 0.1) is 6.92 Å². The molecule has 2 heterocycles. The molecule has 2 aromatic heterocycles. The molecule has 0 radical (unpaired) electrons. The van der Waals surface area contributed by atoms with E-state index in [1.807, 2.05) is 30.3 Å². The van der Waals surface area contributed by atoms with Gasteiger partial charge in [0, 0.05) is 5.41 Å². The van der Waals surface area contributed by atoms with Crippen molar-refractivity contribution in [3.8, 4) is 5.75 Å². The molecular weight excluding hydrogens is 302 g/mol. The van der Waals surface area contributed by atoms with Crippen molar-refractivity contribution in [1.82, 2.24) is 19.8 Å². The molecule has 126 valence electrons. The van der Waals surface area contributed by atoms with Crippen molar-refractivity contribution in [2.45, 2.75) is 33.1 Å². The lowest BCUT2D eigenvalue weighted by molar-refractivity contribution is 0.332. The first-order chi connectivity index (χ1) is 11.4. The molecular formula is C18H23N5O. The van der Waals surface area contributed by atoms with Crippen LogP contribution in [0.4, 0.5) is 5.82 Å². The predicted molar refractivity (Wildman–Crippen MR) is 94.6 cm³/mol. The molecule has 24 heavy (non-hydrogen) atoms. The number of rotatable bonds is 5. The van der Waals surface area contributed by atoms with E-state index in [2.05, 4.69) is 54.4 Å². The molecule has 0 unspecified atom stereocenters. The molecule has 0 fully saturated rings.